The molecule has 0 fully saturated rings. The summed E-state index contributed by atoms with van der Waals surface area (Å²) >= 11 is 6.07. The van der Waals surface area contributed by atoms with E-state index < -0.39 is 0 Å². The van der Waals surface area contributed by atoms with Crippen LogP contribution in [0.3, 0.4) is 0 Å². The molecule has 6 heteroatoms. The molecule has 0 bridgehead atoms. The average molecular weight is 276 g/mol. The lowest BCUT2D eigenvalue weighted by Crippen LogP contribution is -2.13. The molecule has 3 rings (SSSR count). The highest BCUT2D eigenvalue weighted by atomic mass is 35.5. The van der Waals surface area contributed by atoms with Crippen LogP contribution in [-0.2, 0) is 6.42 Å². The van der Waals surface area contributed by atoms with Crippen molar-refractivity contribution in [1.29, 1.82) is 0 Å². The van der Waals surface area contributed by atoms with Gasteiger partial charge in [-0.15, -0.1) is 12.4 Å². The first-order valence-corrected chi connectivity index (χ1v) is 5.29. The van der Waals surface area contributed by atoms with Gasteiger partial charge < -0.3 is 14.6 Å². The zero-order valence-electron chi connectivity index (χ0n) is 8.85. The van der Waals surface area contributed by atoms with E-state index in [0.717, 1.165) is 22.6 Å². The Morgan fingerprint density at radius 2 is 2.00 bits per heavy atom. The van der Waals surface area contributed by atoms with Crippen molar-refractivity contribution in [3.05, 3.63) is 29.5 Å². The molecule has 2 aliphatic heterocycles. The molecule has 0 atom stereocenters. The van der Waals surface area contributed by atoms with Gasteiger partial charge in [0, 0.05) is 24.0 Å². The van der Waals surface area contributed by atoms with Gasteiger partial charge in [0.15, 0.2) is 11.5 Å². The normalized spacial score (nSPS) is 16.1. The topological polar surface area (TPSA) is 41.9 Å². The Morgan fingerprint density at radius 3 is 2.71 bits per heavy atom. The summed E-state index contributed by atoms with van der Waals surface area (Å²) in [6, 6.07) is 3.77. The Kier molecular flexibility index (Phi) is 3.38. The van der Waals surface area contributed by atoms with E-state index in [1.807, 2.05) is 12.1 Å². The van der Waals surface area contributed by atoms with Crippen LogP contribution in [0, 0.1) is 0 Å². The molecule has 2 aliphatic rings. The average Bonchev–Trinajstić information content (AvgIpc) is 2.73. The summed E-state index contributed by atoms with van der Waals surface area (Å²) in [5.74, 6) is 1.45. The van der Waals surface area contributed by atoms with Crippen LogP contribution in [0.25, 0.3) is 0 Å². The van der Waals surface area contributed by atoms with Crippen molar-refractivity contribution in [2.45, 2.75) is 6.42 Å². The summed E-state index contributed by atoms with van der Waals surface area (Å²) < 4.78 is 12.1. The van der Waals surface area contributed by atoms with Crippen molar-refractivity contribution in [1.82, 2.24) is 0 Å². The first kappa shape index (κ1) is 12.4. The number of halogens is 2. The Morgan fingerprint density at radius 1 is 1.29 bits per heavy atom. The maximum atomic E-state index is 9.12. The van der Waals surface area contributed by atoms with Crippen molar-refractivity contribution in [2.24, 2.45) is 0 Å². The van der Waals surface area contributed by atoms with E-state index in [-0.39, 0.29) is 25.8 Å². The molecule has 0 aromatic heterocycles. The maximum absolute atomic E-state index is 9.12. The van der Waals surface area contributed by atoms with Gasteiger partial charge in [-0.3, -0.25) is 4.42 Å². The molecule has 0 saturated carbocycles. The van der Waals surface area contributed by atoms with E-state index in [4.69, 9.17) is 26.4 Å². The maximum Gasteiger partial charge on any atom is 0.231 e. The fraction of sp³-hybridized carbons (Fsp3) is 0.273. The lowest BCUT2D eigenvalue weighted by molar-refractivity contribution is 0.174. The number of rotatable bonds is 1. The summed E-state index contributed by atoms with van der Waals surface area (Å²) in [7, 11) is 0. The summed E-state index contributed by atoms with van der Waals surface area (Å²) in [5.41, 5.74) is 2.79. The number of nitrogens with zero attached hydrogens (tertiary/aromatic N) is 1. The molecule has 1 aromatic carbocycles. The first-order valence-electron chi connectivity index (χ1n) is 4.96. The lowest BCUT2D eigenvalue weighted by Gasteiger charge is -2.23. The van der Waals surface area contributed by atoms with Crippen LogP contribution in [0.1, 0.15) is 5.56 Å². The van der Waals surface area contributed by atoms with Crippen LogP contribution in [0.15, 0.2) is 23.9 Å². The molecular formula is C11H11Cl2NO3. The largest absolute Gasteiger partial charge is 0.454 e. The Bertz CT molecular complexity index is 476. The van der Waals surface area contributed by atoms with Crippen LogP contribution in [0.2, 0.25) is 0 Å². The van der Waals surface area contributed by atoms with Gasteiger partial charge in [-0.05, 0) is 23.6 Å². The Labute approximate surface area is 110 Å². The number of aliphatic hydroxyl groups is 1. The van der Waals surface area contributed by atoms with Crippen molar-refractivity contribution < 1.29 is 14.6 Å². The molecule has 1 aromatic rings. The van der Waals surface area contributed by atoms with Crippen molar-refractivity contribution in [3.63, 3.8) is 0 Å². The predicted octanol–water partition coefficient (Wildman–Crippen LogP) is 2.23. The van der Waals surface area contributed by atoms with Crippen LogP contribution >= 0.6 is 24.2 Å². The third-order valence-electron chi connectivity index (χ3n) is 2.72. The van der Waals surface area contributed by atoms with Gasteiger partial charge in [0.25, 0.3) is 0 Å². The molecule has 0 spiro atoms. The summed E-state index contributed by atoms with van der Waals surface area (Å²) in [4.78, 5) is 0. The van der Waals surface area contributed by atoms with Gasteiger partial charge >= 0.3 is 0 Å². The number of ether oxygens (including phenoxy) is 2. The van der Waals surface area contributed by atoms with Gasteiger partial charge in [0.1, 0.15) is 0 Å². The molecule has 0 unspecified atom stereocenters. The number of benzene rings is 1. The smallest absolute Gasteiger partial charge is 0.231 e. The van der Waals surface area contributed by atoms with E-state index in [9.17, 15) is 0 Å². The van der Waals surface area contributed by atoms with Crippen LogP contribution in [0.4, 0.5) is 5.69 Å². The van der Waals surface area contributed by atoms with Gasteiger partial charge in [-0.2, -0.15) is 0 Å². The van der Waals surface area contributed by atoms with Gasteiger partial charge in [-0.1, -0.05) is 0 Å². The number of anilines is 1. The monoisotopic (exact) mass is 275 g/mol. The van der Waals surface area contributed by atoms with E-state index >= 15 is 0 Å². The molecule has 0 saturated heterocycles. The summed E-state index contributed by atoms with van der Waals surface area (Å²) in [5, 5.41) is 9.12. The molecule has 0 radical (unpaired) electrons. The lowest BCUT2D eigenvalue weighted by atomic mass is 10.0. The molecule has 17 heavy (non-hydrogen) atoms. The molecule has 92 valence electrons. The van der Waals surface area contributed by atoms with Gasteiger partial charge in [-0.25, -0.2) is 0 Å². The van der Waals surface area contributed by atoms with Crippen molar-refractivity contribution in [2.75, 3.05) is 17.8 Å². The second-order valence-corrected chi connectivity index (χ2v) is 4.13. The minimum absolute atomic E-state index is 0. The summed E-state index contributed by atoms with van der Waals surface area (Å²) in [6.45, 7) is 0.262. The number of fused-ring (bicyclic) bond motifs is 2. The minimum atomic E-state index is 0. The minimum Gasteiger partial charge on any atom is -0.454 e. The molecule has 4 nitrogen and oxygen atoms in total. The number of aliphatic hydroxyl groups excluding tert-OH is 1. The van der Waals surface area contributed by atoms with Gasteiger partial charge in [0.05, 0.1) is 12.3 Å². The Hall–Kier alpha value is -1.10. The van der Waals surface area contributed by atoms with E-state index in [1.165, 1.54) is 4.42 Å². The van der Waals surface area contributed by atoms with Crippen LogP contribution < -0.4 is 13.9 Å². The zero-order valence-corrected chi connectivity index (χ0v) is 10.4. The number of hydrogen-bond donors (Lipinski definition) is 1. The predicted molar refractivity (Wildman–Crippen MR) is 67.0 cm³/mol. The third-order valence-corrected chi connectivity index (χ3v) is 3.00. The fourth-order valence-electron chi connectivity index (χ4n) is 1.93. The highest BCUT2D eigenvalue weighted by Gasteiger charge is 2.22. The molecule has 1 N–H and O–H groups in total. The van der Waals surface area contributed by atoms with Crippen LogP contribution in [0.5, 0.6) is 11.5 Å². The second-order valence-electron chi connectivity index (χ2n) is 3.77. The van der Waals surface area contributed by atoms with E-state index in [1.54, 1.807) is 6.20 Å². The van der Waals surface area contributed by atoms with E-state index in [0.29, 0.717) is 12.2 Å². The third kappa shape index (κ3) is 2.04. The van der Waals surface area contributed by atoms with E-state index in [2.05, 4.69) is 0 Å². The quantitative estimate of drug-likeness (QED) is 0.799. The van der Waals surface area contributed by atoms with Crippen molar-refractivity contribution >= 4 is 29.9 Å². The molecular weight excluding hydrogens is 265 g/mol. The summed E-state index contributed by atoms with van der Waals surface area (Å²) in [6.07, 6.45) is 2.41. The molecule has 0 aliphatic carbocycles. The first-order chi connectivity index (χ1) is 7.78. The SMILES string of the molecule is Cl.OCC1=CN(Cl)c2cc3c(cc2C1)OCO3. The van der Waals surface area contributed by atoms with Crippen molar-refractivity contribution in [3.8, 4) is 11.5 Å². The van der Waals surface area contributed by atoms with Crippen LogP contribution in [-0.4, -0.2) is 18.5 Å². The second kappa shape index (κ2) is 4.64. The Balaban J connectivity index is 0.00000108. The fourth-order valence-corrected chi connectivity index (χ4v) is 2.23. The zero-order chi connectivity index (χ0) is 11.1. The molecule has 2 heterocycles. The van der Waals surface area contributed by atoms with Gasteiger partial charge in [0.2, 0.25) is 6.79 Å². The highest BCUT2D eigenvalue weighted by Crippen LogP contribution is 2.41. The highest BCUT2D eigenvalue weighted by molar-refractivity contribution is 6.27. The standard InChI is InChI=1S/C11H10ClNO3.ClH/c12-13-4-7(5-14)1-8-2-10-11(3-9(8)13)16-6-15-10;/h2-4,14H,1,5-6H2;1H. The number of hydrogen-bond acceptors (Lipinski definition) is 4. The molecule has 0 amide bonds.